The van der Waals surface area contributed by atoms with Crippen LogP contribution in [0.1, 0.15) is 0 Å². The summed E-state index contributed by atoms with van der Waals surface area (Å²) in [6.07, 6.45) is 3.67. The fourth-order valence-electron chi connectivity index (χ4n) is 1.37. The molecule has 2 heterocycles. The minimum atomic E-state index is 0.947. The summed E-state index contributed by atoms with van der Waals surface area (Å²) in [4.78, 5) is 0. The van der Waals surface area contributed by atoms with Crippen molar-refractivity contribution in [2.75, 3.05) is 0 Å². The van der Waals surface area contributed by atoms with Crippen LogP contribution in [0.2, 0.25) is 0 Å². The predicted octanol–water partition coefficient (Wildman–Crippen LogP) is 2.08. The Kier molecular flexibility index (Phi) is 1.57. The van der Waals surface area contributed by atoms with E-state index in [-0.39, 0.29) is 0 Å². The third-order valence-electron chi connectivity index (χ3n) is 2.08. The molecule has 1 N–H and O–H groups in total. The van der Waals surface area contributed by atoms with Gasteiger partial charge in [-0.2, -0.15) is 5.10 Å². The molecule has 3 rings (SSSR count). The highest BCUT2D eigenvalue weighted by atomic mass is 32.1. The fraction of sp³-hybridized carbons (Fsp3) is 0. The second kappa shape index (κ2) is 2.88. The normalized spacial score (nSPS) is 10.9. The monoisotopic (exact) mass is 202 g/mol. The first kappa shape index (κ1) is 7.64. The van der Waals surface area contributed by atoms with Crippen molar-refractivity contribution in [3.63, 3.8) is 0 Å². The average Bonchev–Trinajstić information content (AvgIpc) is 2.88. The van der Waals surface area contributed by atoms with Crippen molar-refractivity contribution in [1.29, 1.82) is 0 Å². The average molecular weight is 202 g/mol. The number of hydrogen-bond donors (Lipinski definition) is 1. The zero-order valence-electron chi connectivity index (χ0n) is 7.14. The van der Waals surface area contributed by atoms with Crippen molar-refractivity contribution in [1.82, 2.24) is 19.8 Å². The maximum atomic E-state index is 3.99. The SMILES string of the molecule is c1cc2nnsc2cc1-c1cn[nH]c1. The molecule has 0 bridgehead atoms. The molecule has 0 amide bonds. The predicted molar refractivity (Wildman–Crippen MR) is 55.0 cm³/mol. The standard InChI is InChI=1S/C9H6N4S/c1-2-8-9(14-13-12-8)3-6(1)7-4-10-11-5-7/h1-5H,(H,10,11). The summed E-state index contributed by atoms with van der Waals surface area (Å²) in [5.41, 5.74) is 3.17. The van der Waals surface area contributed by atoms with Gasteiger partial charge >= 0.3 is 0 Å². The topological polar surface area (TPSA) is 54.5 Å². The van der Waals surface area contributed by atoms with Crippen molar-refractivity contribution in [2.45, 2.75) is 0 Å². The Morgan fingerprint density at radius 1 is 1.21 bits per heavy atom. The largest absolute Gasteiger partial charge is 0.285 e. The number of hydrogen-bond acceptors (Lipinski definition) is 4. The van der Waals surface area contributed by atoms with Gasteiger partial charge in [-0.05, 0) is 29.2 Å². The third kappa shape index (κ3) is 1.10. The van der Waals surface area contributed by atoms with Crippen LogP contribution in [0.25, 0.3) is 21.3 Å². The minimum absolute atomic E-state index is 0.947. The number of fused-ring (bicyclic) bond motifs is 1. The van der Waals surface area contributed by atoms with E-state index in [0.29, 0.717) is 0 Å². The van der Waals surface area contributed by atoms with Crippen LogP contribution in [0.4, 0.5) is 0 Å². The Balaban J connectivity index is 2.23. The molecule has 4 nitrogen and oxygen atoms in total. The summed E-state index contributed by atoms with van der Waals surface area (Å²) in [5.74, 6) is 0. The maximum absolute atomic E-state index is 3.99. The molecule has 2 aromatic heterocycles. The quantitative estimate of drug-likeness (QED) is 0.657. The van der Waals surface area contributed by atoms with Crippen molar-refractivity contribution in [2.24, 2.45) is 0 Å². The lowest BCUT2D eigenvalue weighted by Crippen LogP contribution is -1.73. The molecule has 1 aromatic carbocycles. The zero-order valence-corrected chi connectivity index (χ0v) is 7.95. The Morgan fingerprint density at radius 2 is 2.21 bits per heavy atom. The number of H-pyrrole nitrogens is 1. The van der Waals surface area contributed by atoms with E-state index in [1.165, 1.54) is 11.5 Å². The lowest BCUT2D eigenvalue weighted by atomic mass is 10.1. The van der Waals surface area contributed by atoms with Crippen molar-refractivity contribution in [3.8, 4) is 11.1 Å². The first-order valence-corrected chi connectivity index (χ1v) is 4.92. The number of nitrogens with one attached hydrogen (secondary N) is 1. The molecule has 0 fully saturated rings. The van der Waals surface area contributed by atoms with Crippen molar-refractivity contribution < 1.29 is 0 Å². The number of aromatic nitrogens is 4. The summed E-state index contributed by atoms with van der Waals surface area (Å²) in [6, 6.07) is 6.07. The van der Waals surface area contributed by atoms with Gasteiger partial charge in [0.05, 0.1) is 10.9 Å². The van der Waals surface area contributed by atoms with E-state index in [0.717, 1.165) is 21.3 Å². The van der Waals surface area contributed by atoms with Gasteiger partial charge in [0.1, 0.15) is 5.52 Å². The van der Waals surface area contributed by atoms with Gasteiger partial charge in [0.25, 0.3) is 0 Å². The molecule has 0 aliphatic heterocycles. The van der Waals surface area contributed by atoms with Crippen molar-refractivity contribution >= 4 is 21.7 Å². The van der Waals surface area contributed by atoms with Crippen LogP contribution in [0.5, 0.6) is 0 Å². The van der Waals surface area contributed by atoms with E-state index in [1.807, 2.05) is 18.3 Å². The van der Waals surface area contributed by atoms with E-state index in [2.05, 4.69) is 25.9 Å². The van der Waals surface area contributed by atoms with Crippen LogP contribution in [0.3, 0.4) is 0 Å². The van der Waals surface area contributed by atoms with Gasteiger partial charge in [-0.1, -0.05) is 10.6 Å². The molecular weight excluding hydrogens is 196 g/mol. The molecule has 0 radical (unpaired) electrons. The molecule has 14 heavy (non-hydrogen) atoms. The van der Waals surface area contributed by atoms with E-state index in [4.69, 9.17) is 0 Å². The highest BCUT2D eigenvalue weighted by Gasteiger charge is 2.02. The smallest absolute Gasteiger partial charge is 0.106 e. The second-order valence-corrected chi connectivity index (χ2v) is 3.73. The highest BCUT2D eigenvalue weighted by Crippen LogP contribution is 2.23. The third-order valence-corrected chi connectivity index (χ3v) is 2.77. The van der Waals surface area contributed by atoms with E-state index < -0.39 is 0 Å². The van der Waals surface area contributed by atoms with Gasteiger partial charge in [-0.25, -0.2) is 0 Å². The molecule has 5 heteroatoms. The molecule has 68 valence electrons. The second-order valence-electron chi connectivity index (χ2n) is 2.94. The van der Waals surface area contributed by atoms with Crippen LogP contribution < -0.4 is 0 Å². The summed E-state index contributed by atoms with van der Waals surface area (Å²) in [5, 5.41) is 10.7. The molecule has 0 aliphatic carbocycles. The molecule has 0 saturated heterocycles. The van der Waals surface area contributed by atoms with Crippen LogP contribution in [0, 0.1) is 0 Å². The first-order valence-electron chi connectivity index (χ1n) is 4.15. The van der Waals surface area contributed by atoms with Gasteiger partial charge in [0.15, 0.2) is 0 Å². The molecule has 0 saturated carbocycles. The number of rotatable bonds is 1. The van der Waals surface area contributed by atoms with Crippen LogP contribution in [-0.4, -0.2) is 19.8 Å². The fourth-order valence-corrected chi connectivity index (χ4v) is 1.97. The van der Waals surface area contributed by atoms with Gasteiger partial charge in [0, 0.05) is 11.8 Å². The van der Waals surface area contributed by atoms with Crippen LogP contribution >= 0.6 is 11.5 Å². The lowest BCUT2D eigenvalue weighted by Gasteiger charge is -1.94. The minimum Gasteiger partial charge on any atom is -0.285 e. The van der Waals surface area contributed by atoms with Crippen LogP contribution in [-0.2, 0) is 0 Å². The summed E-state index contributed by atoms with van der Waals surface area (Å²) < 4.78 is 4.99. The zero-order chi connectivity index (χ0) is 9.38. The molecular formula is C9H6N4S. The number of benzene rings is 1. The first-order chi connectivity index (χ1) is 6.93. The Hall–Kier alpha value is -1.75. The summed E-state index contributed by atoms with van der Waals surface area (Å²) >= 11 is 1.41. The molecule has 0 aliphatic rings. The van der Waals surface area contributed by atoms with Gasteiger partial charge in [-0.15, -0.1) is 5.10 Å². The van der Waals surface area contributed by atoms with Crippen LogP contribution in [0.15, 0.2) is 30.6 Å². The number of nitrogens with zero attached hydrogens (tertiary/aromatic N) is 3. The van der Waals surface area contributed by atoms with E-state index in [1.54, 1.807) is 6.20 Å². The Morgan fingerprint density at radius 3 is 3.07 bits per heavy atom. The maximum Gasteiger partial charge on any atom is 0.106 e. The molecule has 0 unspecified atom stereocenters. The Labute approximate surface area is 83.8 Å². The number of aromatic amines is 1. The highest BCUT2D eigenvalue weighted by molar-refractivity contribution is 7.12. The summed E-state index contributed by atoms with van der Waals surface area (Å²) in [6.45, 7) is 0. The Bertz CT molecular complexity index is 555. The molecule has 0 atom stereocenters. The van der Waals surface area contributed by atoms with Crippen molar-refractivity contribution in [3.05, 3.63) is 30.6 Å². The molecule has 0 spiro atoms. The van der Waals surface area contributed by atoms with Gasteiger partial charge < -0.3 is 0 Å². The lowest BCUT2D eigenvalue weighted by molar-refractivity contribution is 1.09. The van der Waals surface area contributed by atoms with Gasteiger partial charge in [0.2, 0.25) is 0 Å². The van der Waals surface area contributed by atoms with E-state index >= 15 is 0 Å². The van der Waals surface area contributed by atoms with Gasteiger partial charge in [-0.3, -0.25) is 5.10 Å². The summed E-state index contributed by atoms with van der Waals surface area (Å²) in [7, 11) is 0. The molecule has 3 aromatic rings. The van der Waals surface area contributed by atoms with E-state index in [9.17, 15) is 0 Å².